The predicted molar refractivity (Wildman–Crippen MR) is 74.7 cm³/mol. The van der Waals surface area contributed by atoms with Gasteiger partial charge in [0, 0.05) is 6.54 Å². The summed E-state index contributed by atoms with van der Waals surface area (Å²) in [6.07, 6.45) is 0. The lowest BCUT2D eigenvalue weighted by Gasteiger charge is -2.30. The highest BCUT2D eigenvalue weighted by atomic mass is 16.5. The number of carbonyl (C=O) groups is 1. The summed E-state index contributed by atoms with van der Waals surface area (Å²) < 4.78 is 4.81. The molecule has 2 unspecified atom stereocenters. The number of methoxy groups -OCH3 is 1. The van der Waals surface area contributed by atoms with Gasteiger partial charge in [0.25, 0.3) is 0 Å². The minimum absolute atomic E-state index is 0.0917. The van der Waals surface area contributed by atoms with Gasteiger partial charge in [0.2, 0.25) is 0 Å². The average Bonchev–Trinajstić information content (AvgIpc) is 2.39. The van der Waals surface area contributed by atoms with E-state index in [9.17, 15) is 9.90 Å². The molecule has 0 aliphatic carbocycles. The van der Waals surface area contributed by atoms with E-state index in [0.29, 0.717) is 6.54 Å². The Hall–Kier alpha value is -1.39. The van der Waals surface area contributed by atoms with Crippen molar-refractivity contribution in [1.29, 1.82) is 0 Å². The fourth-order valence-corrected chi connectivity index (χ4v) is 1.61. The summed E-state index contributed by atoms with van der Waals surface area (Å²) in [5, 5.41) is 13.3. The van der Waals surface area contributed by atoms with Crippen LogP contribution in [0.15, 0.2) is 30.3 Å². The topological polar surface area (TPSA) is 58.6 Å². The number of rotatable bonds is 6. The Bertz CT molecular complexity index is 401. The van der Waals surface area contributed by atoms with Gasteiger partial charge in [0.1, 0.15) is 6.04 Å². The molecule has 0 saturated heterocycles. The smallest absolute Gasteiger partial charge is 0.327 e. The van der Waals surface area contributed by atoms with Crippen LogP contribution in [-0.4, -0.2) is 30.3 Å². The molecule has 0 bridgehead atoms. The van der Waals surface area contributed by atoms with Gasteiger partial charge in [-0.15, -0.1) is 0 Å². The molecule has 0 aromatic heterocycles. The number of carbonyl (C=O) groups excluding carboxylic acids is 1. The van der Waals surface area contributed by atoms with Crippen molar-refractivity contribution in [3.63, 3.8) is 0 Å². The van der Waals surface area contributed by atoms with E-state index in [1.54, 1.807) is 6.92 Å². The highest BCUT2D eigenvalue weighted by molar-refractivity contribution is 5.77. The maximum atomic E-state index is 11.8. The van der Waals surface area contributed by atoms with Crippen molar-refractivity contribution in [1.82, 2.24) is 5.32 Å². The fraction of sp³-hybridized carbons (Fsp3) is 0.533. The van der Waals surface area contributed by atoms with Gasteiger partial charge in [-0.1, -0.05) is 44.2 Å². The molecule has 19 heavy (non-hydrogen) atoms. The third-order valence-electron chi connectivity index (χ3n) is 3.48. The van der Waals surface area contributed by atoms with Gasteiger partial charge in [0.15, 0.2) is 0 Å². The second-order valence-corrected chi connectivity index (χ2v) is 5.26. The van der Waals surface area contributed by atoms with Gasteiger partial charge in [-0.2, -0.15) is 0 Å². The minimum Gasteiger partial charge on any atom is -0.468 e. The van der Waals surface area contributed by atoms with Crippen molar-refractivity contribution < 1.29 is 14.6 Å². The van der Waals surface area contributed by atoms with E-state index in [2.05, 4.69) is 5.32 Å². The molecule has 0 aliphatic heterocycles. The van der Waals surface area contributed by atoms with E-state index in [1.807, 2.05) is 44.2 Å². The van der Waals surface area contributed by atoms with Gasteiger partial charge >= 0.3 is 5.97 Å². The summed E-state index contributed by atoms with van der Waals surface area (Å²) in [5.41, 5.74) is -0.0463. The highest BCUT2D eigenvalue weighted by Crippen LogP contribution is 2.19. The first-order chi connectivity index (χ1) is 8.88. The van der Waals surface area contributed by atoms with Crippen LogP contribution in [0.3, 0.4) is 0 Å². The molecule has 0 aliphatic rings. The average molecular weight is 265 g/mol. The zero-order valence-electron chi connectivity index (χ0n) is 12.0. The summed E-state index contributed by atoms with van der Waals surface area (Å²) >= 11 is 0. The number of hydrogen-bond donors (Lipinski definition) is 2. The number of ether oxygens (including phenoxy) is 1. The lowest BCUT2D eigenvalue weighted by molar-refractivity contribution is -0.143. The summed E-state index contributed by atoms with van der Waals surface area (Å²) in [5.74, 6) is -0.264. The van der Waals surface area contributed by atoms with Crippen LogP contribution in [0.25, 0.3) is 0 Å². The molecule has 4 nitrogen and oxygen atoms in total. The van der Waals surface area contributed by atoms with Crippen LogP contribution in [0.1, 0.15) is 32.4 Å². The molecule has 0 fully saturated rings. The van der Waals surface area contributed by atoms with Crippen molar-refractivity contribution in [2.24, 2.45) is 5.92 Å². The quantitative estimate of drug-likeness (QED) is 0.771. The second kappa shape index (κ2) is 6.68. The normalized spacial score (nSPS) is 15.9. The summed E-state index contributed by atoms with van der Waals surface area (Å²) in [6.45, 7) is 5.96. The lowest BCUT2D eigenvalue weighted by atomic mass is 9.92. The van der Waals surface area contributed by atoms with Gasteiger partial charge in [-0.25, -0.2) is 4.79 Å². The molecule has 0 heterocycles. The first-order valence-corrected chi connectivity index (χ1v) is 6.47. The third-order valence-corrected chi connectivity index (χ3v) is 3.48. The minimum atomic E-state index is -0.874. The molecular formula is C15H23NO3. The Morgan fingerprint density at radius 3 is 2.42 bits per heavy atom. The van der Waals surface area contributed by atoms with E-state index in [0.717, 1.165) is 5.56 Å². The van der Waals surface area contributed by atoms with Crippen molar-refractivity contribution in [2.45, 2.75) is 32.4 Å². The Balaban J connectivity index is 2.81. The molecule has 0 amide bonds. The van der Waals surface area contributed by atoms with Crippen LogP contribution in [0.5, 0.6) is 0 Å². The molecule has 4 heteroatoms. The van der Waals surface area contributed by atoms with Crippen LogP contribution in [-0.2, 0) is 9.53 Å². The summed E-state index contributed by atoms with van der Waals surface area (Å²) in [4.78, 5) is 11.8. The number of hydrogen-bond acceptors (Lipinski definition) is 4. The Kier molecular flexibility index (Phi) is 5.51. The first kappa shape index (κ1) is 15.7. The van der Waals surface area contributed by atoms with Gasteiger partial charge in [-0.05, 0) is 18.4 Å². The number of benzene rings is 1. The van der Waals surface area contributed by atoms with Crippen molar-refractivity contribution in [3.8, 4) is 0 Å². The molecule has 0 radical (unpaired) electrons. The Labute approximate surface area is 114 Å². The maximum absolute atomic E-state index is 11.8. The van der Waals surface area contributed by atoms with Crippen LogP contribution in [0, 0.1) is 5.92 Å². The van der Waals surface area contributed by atoms with Gasteiger partial charge < -0.3 is 9.84 Å². The molecule has 1 aromatic rings. The monoisotopic (exact) mass is 265 g/mol. The van der Waals surface area contributed by atoms with Crippen molar-refractivity contribution >= 4 is 5.97 Å². The Morgan fingerprint density at radius 1 is 1.37 bits per heavy atom. The third kappa shape index (κ3) is 4.33. The first-order valence-electron chi connectivity index (χ1n) is 6.47. The molecular weight excluding hydrogens is 242 g/mol. The van der Waals surface area contributed by atoms with E-state index in [-0.39, 0.29) is 11.9 Å². The number of nitrogens with one attached hydrogen (secondary N) is 1. The Morgan fingerprint density at radius 2 is 1.95 bits per heavy atom. The lowest BCUT2D eigenvalue weighted by Crippen LogP contribution is -2.45. The van der Waals surface area contributed by atoms with E-state index in [1.165, 1.54) is 7.11 Å². The van der Waals surface area contributed by atoms with E-state index >= 15 is 0 Å². The summed E-state index contributed by atoms with van der Waals surface area (Å²) in [7, 11) is 1.36. The summed E-state index contributed by atoms with van der Waals surface area (Å²) in [6, 6.07) is 8.79. The molecule has 2 atom stereocenters. The molecule has 2 N–H and O–H groups in total. The standard InChI is InChI=1S/C15H23NO3/c1-11(2)15(3,18)10-16-13(14(17)19-4)12-8-6-5-7-9-12/h5-9,11,13,16,18H,10H2,1-4H3. The second-order valence-electron chi connectivity index (χ2n) is 5.26. The van der Waals surface area contributed by atoms with Gasteiger partial charge in [-0.3, -0.25) is 5.32 Å². The maximum Gasteiger partial charge on any atom is 0.327 e. The number of esters is 1. The van der Waals surface area contributed by atoms with Crippen molar-refractivity contribution in [2.75, 3.05) is 13.7 Å². The highest BCUT2D eigenvalue weighted by Gasteiger charge is 2.28. The SMILES string of the molecule is COC(=O)C(NCC(C)(O)C(C)C)c1ccccc1. The largest absolute Gasteiger partial charge is 0.468 e. The van der Waals surface area contributed by atoms with E-state index < -0.39 is 11.6 Å². The molecule has 106 valence electrons. The zero-order chi connectivity index (χ0) is 14.5. The molecule has 1 rings (SSSR count). The zero-order valence-corrected chi connectivity index (χ0v) is 12.0. The molecule has 0 saturated carbocycles. The van der Waals surface area contributed by atoms with Gasteiger partial charge in [0.05, 0.1) is 12.7 Å². The number of aliphatic hydroxyl groups is 1. The fourth-order valence-electron chi connectivity index (χ4n) is 1.61. The molecule has 0 spiro atoms. The van der Waals surface area contributed by atoms with Crippen LogP contribution in [0.4, 0.5) is 0 Å². The predicted octanol–water partition coefficient (Wildman–Crippen LogP) is 1.90. The van der Waals surface area contributed by atoms with Crippen molar-refractivity contribution in [3.05, 3.63) is 35.9 Å². The van der Waals surface area contributed by atoms with Crippen LogP contribution >= 0.6 is 0 Å². The van der Waals surface area contributed by atoms with Crippen LogP contribution < -0.4 is 5.32 Å². The van der Waals surface area contributed by atoms with E-state index in [4.69, 9.17) is 4.74 Å². The molecule has 1 aromatic carbocycles. The van der Waals surface area contributed by atoms with Crippen LogP contribution in [0.2, 0.25) is 0 Å².